The first-order valence-electron chi connectivity index (χ1n) is 9.87. The van der Waals surface area contributed by atoms with Crippen molar-refractivity contribution in [2.75, 3.05) is 26.3 Å². The van der Waals surface area contributed by atoms with Crippen LogP contribution in [0.2, 0.25) is 0 Å². The summed E-state index contributed by atoms with van der Waals surface area (Å²) in [7, 11) is -3.74. The number of ether oxygens (including phenoxy) is 1. The Bertz CT molecular complexity index is 1260. The highest BCUT2D eigenvalue weighted by Crippen LogP contribution is 2.38. The molecular formula is C21H22N4O5S. The smallest absolute Gasteiger partial charge is 0.295 e. The van der Waals surface area contributed by atoms with Gasteiger partial charge in [0.05, 0.1) is 23.6 Å². The van der Waals surface area contributed by atoms with Gasteiger partial charge in [0.1, 0.15) is 0 Å². The number of morpholine rings is 1. The Morgan fingerprint density at radius 2 is 1.87 bits per heavy atom. The molecule has 10 heteroatoms. The summed E-state index contributed by atoms with van der Waals surface area (Å²) < 4.78 is 33.9. The highest BCUT2D eigenvalue weighted by atomic mass is 32.2. The molecule has 0 spiro atoms. The first-order valence-corrected chi connectivity index (χ1v) is 11.3. The maximum atomic E-state index is 12.8. The number of para-hydroxylation sites is 1. The number of rotatable bonds is 5. The second-order valence-corrected chi connectivity index (χ2v) is 8.92. The number of sulfonamides is 1. The number of azo groups is 1. The monoisotopic (exact) mass is 442 g/mol. The number of aromatic hydroxyl groups is 1. The molecule has 1 amide bonds. The predicted octanol–water partition coefficient (Wildman–Crippen LogP) is 3.31. The molecule has 3 aromatic rings. The first-order chi connectivity index (χ1) is 14.9. The fourth-order valence-corrected chi connectivity index (χ4v) is 5.02. The van der Waals surface area contributed by atoms with Crippen molar-refractivity contribution in [1.82, 2.24) is 8.87 Å². The van der Waals surface area contributed by atoms with Gasteiger partial charge in [-0.15, -0.1) is 10.2 Å². The third-order valence-electron chi connectivity index (χ3n) is 5.16. The zero-order valence-electron chi connectivity index (χ0n) is 16.9. The van der Waals surface area contributed by atoms with Crippen LogP contribution in [0.25, 0.3) is 10.9 Å². The molecule has 1 aliphatic heterocycles. The Balaban J connectivity index is 1.63. The average Bonchev–Trinajstić information content (AvgIpc) is 3.08. The van der Waals surface area contributed by atoms with E-state index in [4.69, 9.17) is 4.74 Å². The summed E-state index contributed by atoms with van der Waals surface area (Å²) >= 11 is 0. The van der Waals surface area contributed by atoms with E-state index in [0.717, 1.165) is 5.52 Å². The molecule has 1 saturated heterocycles. The van der Waals surface area contributed by atoms with Crippen LogP contribution in [-0.4, -0.2) is 54.6 Å². The lowest BCUT2D eigenvalue weighted by atomic mass is 10.2. The molecule has 0 aliphatic carbocycles. The fourth-order valence-electron chi connectivity index (χ4n) is 3.57. The summed E-state index contributed by atoms with van der Waals surface area (Å²) in [5.41, 5.74) is 1.07. The summed E-state index contributed by atoms with van der Waals surface area (Å²) in [4.78, 5) is 12.6. The molecule has 0 radical (unpaired) electrons. The number of hydrogen-bond donors (Lipinski definition) is 1. The molecule has 0 atom stereocenters. The van der Waals surface area contributed by atoms with Crippen molar-refractivity contribution in [3.8, 4) is 5.88 Å². The lowest BCUT2D eigenvalue weighted by Crippen LogP contribution is -2.40. The van der Waals surface area contributed by atoms with Crippen LogP contribution in [0.4, 0.5) is 5.69 Å². The maximum Gasteiger partial charge on any atom is 0.295 e. The van der Waals surface area contributed by atoms with Crippen LogP contribution in [0.3, 0.4) is 0 Å². The molecule has 9 nitrogen and oxygen atoms in total. The van der Waals surface area contributed by atoms with Gasteiger partial charge in [0.15, 0.2) is 5.69 Å². The molecular weight excluding hydrogens is 420 g/mol. The van der Waals surface area contributed by atoms with Gasteiger partial charge in [-0.25, -0.2) is 8.42 Å². The molecule has 2 aromatic carbocycles. The number of fused-ring (bicyclic) bond motifs is 1. The Morgan fingerprint density at radius 1 is 1.13 bits per heavy atom. The topological polar surface area (TPSA) is 114 Å². The summed E-state index contributed by atoms with van der Waals surface area (Å²) in [5, 5.41) is 18.9. The molecule has 162 valence electrons. The summed E-state index contributed by atoms with van der Waals surface area (Å²) in [5.74, 6) is -0.782. The van der Waals surface area contributed by atoms with Crippen molar-refractivity contribution < 1.29 is 23.1 Å². The quantitative estimate of drug-likeness (QED) is 0.609. The van der Waals surface area contributed by atoms with Gasteiger partial charge in [0, 0.05) is 30.6 Å². The highest BCUT2D eigenvalue weighted by molar-refractivity contribution is 7.89. The third kappa shape index (κ3) is 3.97. The molecule has 0 bridgehead atoms. The molecule has 4 rings (SSSR count). The zero-order valence-corrected chi connectivity index (χ0v) is 17.7. The van der Waals surface area contributed by atoms with E-state index < -0.39 is 15.9 Å². The van der Waals surface area contributed by atoms with Gasteiger partial charge in [-0.3, -0.25) is 4.79 Å². The highest BCUT2D eigenvalue weighted by Gasteiger charge is 2.27. The van der Waals surface area contributed by atoms with E-state index >= 15 is 0 Å². The third-order valence-corrected chi connectivity index (χ3v) is 7.06. The van der Waals surface area contributed by atoms with Crippen LogP contribution in [0, 0.1) is 0 Å². The summed E-state index contributed by atoms with van der Waals surface area (Å²) in [6.07, 6.45) is 0. The Hall–Kier alpha value is -3.08. The second kappa shape index (κ2) is 8.58. The number of aromatic nitrogens is 1. The van der Waals surface area contributed by atoms with Gasteiger partial charge in [-0.05, 0) is 31.2 Å². The van der Waals surface area contributed by atoms with Gasteiger partial charge >= 0.3 is 0 Å². The number of aryl methyl sites for hydroxylation is 1. The van der Waals surface area contributed by atoms with E-state index in [2.05, 4.69) is 10.2 Å². The van der Waals surface area contributed by atoms with E-state index in [1.165, 1.54) is 28.6 Å². The minimum Gasteiger partial charge on any atom is -0.493 e. The van der Waals surface area contributed by atoms with Crippen molar-refractivity contribution >= 4 is 32.5 Å². The SMILES string of the molecule is CCn1c(O)c(N=NC(=O)c2cccc(S(=O)(=O)N3CCOCC3)c2)c2ccccc21. The number of hydrogen-bond acceptors (Lipinski definition) is 6. The van der Waals surface area contributed by atoms with Gasteiger partial charge in [0.25, 0.3) is 5.91 Å². The maximum absolute atomic E-state index is 12.8. The number of amides is 1. The van der Waals surface area contributed by atoms with Crippen molar-refractivity contribution in [2.45, 2.75) is 18.4 Å². The van der Waals surface area contributed by atoms with Crippen molar-refractivity contribution in [1.29, 1.82) is 0 Å². The van der Waals surface area contributed by atoms with E-state index in [-0.39, 0.29) is 35.1 Å². The summed E-state index contributed by atoms with van der Waals surface area (Å²) in [6.45, 7) is 3.61. The number of carbonyl (C=O) groups excluding carboxylic acids is 1. The molecule has 0 unspecified atom stereocenters. The average molecular weight is 442 g/mol. The van der Waals surface area contributed by atoms with Crippen molar-refractivity contribution in [3.05, 3.63) is 54.1 Å². The fraction of sp³-hybridized carbons (Fsp3) is 0.286. The van der Waals surface area contributed by atoms with Crippen LogP contribution >= 0.6 is 0 Å². The lowest BCUT2D eigenvalue weighted by Gasteiger charge is -2.26. The lowest BCUT2D eigenvalue weighted by molar-refractivity contribution is 0.0730. The minimum absolute atomic E-state index is 0.0147. The number of nitrogens with zero attached hydrogens (tertiary/aromatic N) is 4. The normalized spacial score (nSPS) is 15.6. The molecule has 0 saturated carbocycles. The van der Waals surface area contributed by atoms with Crippen molar-refractivity contribution in [3.63, 3.8) is 0 Å². The minimum atomic E-state index is -3.74. The van der Waals surface area contributed by atoms with Gasteiger partial charge < -0.3 is 14.4 Å². The standard InChI is InChI=1S/C21H22N4O5S/c1-2-25-18-9-4-3-8-17(18)19(21(25)27)22-23-20(26)15-6-5-7-16(14-15)31(28,29)24-10-12-30-13-11-24/h3-9,14,27H,2,10-13H2,1H3. The van der Waals surface area contributed by atoms with E-state index in [0.29, 0.717) is 25.1 Å². The van der Waals surface area contributed by atoms with Crippen LogP contribution < -0.4 is 0 Å². The van der Waals surface area contributed by atoms with Gasteiger partial charge in [-0.1, -0.05) is 24.3 Å². The molecule has 1 N–H and O–H groups in total. The Morgan fingerprint density at radius 3 is 2.61 bits per heavy atom. The molecule has 31 heavy (non-hydrogen) atoms. The predicted molar refractivity (Wildman–Crippen MR) is 114 cm³/mol. The van der Waals surface area contributed by atoms with E-state index in [9.17, 15) is 18.3 Å². The van der Waals surface area contributed by atoms with Crippen LogP contribution in [-0.2, 0) is 21.3 Å². The molecule has 1 aliphatic rings. The second-order valence-electron chi connectivity index (χ2n) is 6.98. The Labute approximate surface area is 179 Å². The molecule has 1 aromatic heterocycles. The first kappa shape index (κ1) is 21.2. The van der Waals surface area contributed by atoms with Crippen molar-refractivity contribution in [2.24, 2.45) is 10.2 Å². The number of carbonyl (C=O) groups is 1. The van der Waals surface area contributed by atoms with Gasteiger partial charge in [-0.2, -0.15) is 4.31 Å². The zero-order chi connectivity index (χ0) is 22.0. The Kier molecular flexibility index (Phi) is 5.86. The molecule has 2 heterocycles. The van der Waals surface area contributed by atoms with Crippen LogP contribution in [0.1, 0.15) is 17.3 Å². The molecule has 1 fully saturated rings. The van der Waals surface area contributed by atoms with Crippen LogP contribution in [0.5, 0.6) is 5.88 Å². The largest absolute Gasteiger partial charge is 0.493 e. The van der Waals surface area contributed by atoms with Gasteiger partial charge in [0.2, 0.25) is 15.9 Å². The summed E-state index contributed by atoms with van der Waals surface area (Å²) in [6, 6.07) is 13.0. The van der Waals surface area contributed by atoms with E-state index in [1.54, 1.807) is 10.6 Å². The number of benzene rings is 2. The van der Waals surface area contributed by atoms with E-state index in [1.807, 2.05) is 25.1 Å². The van der Waals surface area contributed by atoms with Crippen LogP contribution in [0.15, 0.2) is 63.7 Å².